The van der Waals surface area contributed by atoms with Crippen molar-refractivity contribution in [2.45, 2.75) is 13.3 Å². The number of rotatable bonds is 4. The first-order chi connectivity index (χ1) is 13.7. The van der Waals surface area contributed by atoms with Crippen LogP contribution in [0.3, 0.4) is 0 Å². The number of aromatic nitrogens is 2. The first kappa shape index (κ1) is 18.7. The third-order valence-corrected chi connectivity index (χ3v) is 5.50. The molecule has 4 rings (SSSR count). The van der Waals surface area contributed by atoms with E-state index in [0.29, 0.717) is 13.1 Å². The zero-order chi connectivity index (χ0) is 19.3. The van der Waals surface area contributed by atoms with Crippen molar-refractivity contribution in [3.63, 3.8) is 0 Å². The van der Waals surface area contributed by atoms with Crippen molar-refractivity contribution in [2.75, 3.05) is 62.3 Å². The van der Waals surface area contributed by atoms with E-state index >= 15 is 0 Å². The molecule has 7 heteroatoms. The van der Waals surface area contributed by atoms with Crippen LogP contribution in [0, 0.1) is 0 Å². The number of carbonyl (C=O) groups is 1. The molecular weight excluding hydrogens is 354 g/mol. The van der Waals surface area contributed by atoms with Gasteiger partial charge in [0, 0.05) is 50.9 Å². The van der Waals surface area contributed by atoms with Crippen LogP contribution >= 0.6 is 0 Å². The number of amides is 1. The lowest BCUT2D eigenvalue weighted by molar-refractivity contribution is 0.0746. The zero-order valence-electron chi connectivity index (χ0n) is 16.4. The summed E-state index contributed by atoms with van der Waals surface area (Å²) in [6.07, 6.45) is 2.80. The number of hydrogen-bond acceptors (Lipinski definition) is 6. The molecule has 148 valence electrons. The summed E-state index contributed by atoms with van der Waals surface area (Å²) in [6, 6.07) is 10.0. The van der Waals surface area contributed by atoms with Crippen molar-refractivity contribution in [3.05, 3.63) is 47.7 Å². The minimum absolute atomic E-state index is 0.107. The highest BCUT2D eigenvalue weighted by molar-refractivity contribution is 5.94. The fourth-order valence-corrected chi connectivity index (χ4v) is 3.70. The van der Waals surface area contributed by atoms with Crippen molar-refractivity contribution < 1.29 is 9.53 Å². The number of anilines is 2. The summed E-state index contributed by atoms with van der Waals surface area (Å²) in [4.78, 5) is 19.2. The number of hydrogen-bond donors (Lipinski definition) is 0. The Labute approximate surface area is 165 Å². The molecule has 0 unspecified atom stereocenters. The van der Waals surface area contributed by atoms with Crippen LogP contribution in [0.15, 0.2) is 36.5 Å². The summed E-state index contributed by atoms with van der Waals surface area (Å²) in [5, 5.41) is 8.52. The number of morpholine rings is 1. The van der Waals surface area contributed by atoms with Gasteiger partial charge in [-0.05, 0) is 24.1 Å². The van der Waals surface area contributed by atoms with Gasteiger partial charge in [-0.25, -0.2) is 0 Å². The summed E-state index contributed by atoms with van der Waals surface area (Å²) >= 11 is 0. The Morgan fingerprint density at radius 2 is 1.71 bits per heavy atom. The van der Waals surface area contributed by atoms with Gasteiger partial charge < -0.3 is 19.4 Å². The van der Waals surface area contributed by atoms with Crippen LogP contribution in [0.1, 0.15) is 22.8 Å². The molecule has 28 heavy (non-hydrogen) atoms. The minimum atomic E-state index is 0.107. The monoisotopic (exact) mass is 381 g/mol. The molecule has 0 N–H and O–H groups in total. The van der Waals surface area contributed by atoms with Gasteiger partial charge in [-0.15, -0.1) is 5.10 Å². The van der Waals surface area contributed by atoms with Gasteiger partial charge in [0.25, 0.3) is 5.91 Å². The van der Waals surface area contributed by atoms with Crippen molar-refractivity contribution >= 4 is 17.4 Å². The maximum Gasteiger partial charge on any atom is 0.253 e. The predicted molar refractivity (Wildman–Crippen MR) is 109 cm³/mol. The van der Waals surface area contributed by atoms with Crippen molar-refractivity contribution in [1.82, 2.24) is 15.1 Å². The molecule has 1 aromatic carbocycles. The largest absolute Gasteiger partial charge is 0.378 e. The summed E-state index contributed by atoms with van der Waals surface area (Å²) in [6.45, 7) is 8.28. The van der Waals surface area contributed by atoms with E-state index in [9.17, 15) is 4.79 Å². The molecule has 2 aromatic rings. The number of nitrogens with zero attached hydrogens (tertiary/aromatic N) is 5. The van der Waals surface area contributed by atoms with Crippen molar-refractivity contribution in [3.8, 4) is 0 Å². The molecular formula is C21H27N5O2. The Balaban J connectivity index is 1.37. The maximum absolute atomic E-state index is 12.8. The topological polar surface area (TPSA) is 61.8 Å². The summed E-state index contributed by atoms with van der Waals surface area (Å²) in [5.74, 6) is 0.985. The van der Waals surface area contributed by atoms with Crippen LogP contribution in [0.25, 0.3) is 0 Å². The molecule has 2 fully saturated rings. The molecule has 2 aliphatic rings. The molecule has 0 bridgehead atoms. The number of benzene rings is 1. The van der Waals surface area contributed by atoms with Gasteiger partial charge in [-0.2, -0.15) is 5.10 Å². The van der Waals surface area contributed by atoms with Crippen LogP contribution in [0.5, 0.6) is 0 Å². The number of ether oxygens (including phenoxy) is 1. The highest BCUT2D eigenvalue weighted by atomic mass is 16.5. The van der Waals surface area contributed by atoms with E-state index in [0.717, 1.165) is 62.9 Å². The number of piperazine rings is 1. The average Bonchev–Trinajstić information content (AvgIpc) is 2.79. The van der Waals surface area contributed by atoms with Crippen LogP contribution in [-0.4, -0.2) is 73.5 Å². The SMILES string of the molecule is CCc1ccc(C(=O)N2CCN(c3cc(N4CCOCC4)cnn3)CC2)cc1. The molecule has 7 nitrogen and oxygen atoms in total. The summed E-state index contributed by atoms with van der Waals surface area (Å²) < 4.78 is 5.43. The van der Waals surface area contributed by atoms with E-state index < -0.39 is 0 Å². The summed E-state index contributed by atoms with van der Waals surface area (Å²) in [7, 11) is 0. The quantitative estimate of drug-likeness (QED) is 0.805. The fourth-order valence-electron chi connectivity index (χ4n) is 3.70. The van der Waals surface area contributed by atoms with Crippen LogP contribution < -0.4 is 9.80 Å². The van der Waals surface area contributed by atoms with Crippen LogP contribution in [0.4, 0.5) is 11.5 Å². The summed E-state index contributed by atoms with van der Waals surface area (Å²) in [5.41, 5.74) is 3.10. The van der Waals surface area contributed by atoms with Gasteiger partial charge in [0.15, 0.2) is 5.82 Å². The van der Waals surface area contributed by atoms with Crippen LogP contribution in [-0.2, 0) is 11.2 Å². The Bertz CT molecular complexity index is 797. The van der Waals surface area contributed by atoms with E-state index in [4.69, 9.17) is 4.74 Å². The zero-order valence-corrected chi connectivity index (χ0v) is 16.4. The molecule has 0 saturated carbocycles. The average molecular weight is 381 g/mol. The molecule has 3 heterocycles. The lowest BCUT2D eigenvalue weighted by Gasteiger charge is -2.36. The third-order valence-electron chi connectivity index (χ3n) is 5.50. The minimum Gasteiger partial charge on any atom is -0.378 e. The normalized spacial score (nSPS) is 17.7. The lowest BCUT2D eigenvalue weighted by Crippen LogP contribution is -2.49. The fraction of sp³-hybridized carbons (Fsp3) is 0.476. The highest BCUT2D eigenvalue weighted by Crippen LogP contribution is 2.21. The molecule has 1 amide bonds. The molecule has 2 aliphatic heterocycles. The predicted octanol–water partition coefficient (Wildman–Crippen LogP) is 1.84. The van der Waals surface area contributed by atoms with E-state index in [1.807, 2.05) is 35.4 Å². The Hall–Kier alpha value is -2.67. The number of aryl methyl sites for hydroxylation is 1. The number of carbonyl (C=O) groups excluding carboxylic acids is 1. The van der Waals surface area contributed by atoms with Gasteiger partial charge >= 0.3 is 0 Å². The second-order valence-corrected chi connectivity index (χ2v) is 7.20. The molecule has 0 radical (unpaired) electrons. The first-order valence-corrected chi connectivity index (χ1v) is 10.0. The van der Waals surface area contributed by atoms with Gasteiger partial charge in [0.2, 0.25) is 0 Å². The van der Waals surface area contributed by atoms with E-state index in [2.05, 4.69) is 33.0 Å². The Morgan fingerprint density at radius 1 is 1.00 bits per heavy atom. The third kappa shape index (κ3) is 4.09. The van der Waals surface area contributed by atoms with Gasteiger partial charge in [0.05, 0.1) is 25.1 Å². The van der Waals surface area contributed by atoms with Crippen molar-refractivity contribution in [2.24, 2.45) is 0 Å². The first-order valence-electron chi connectivity index (χ1n) is 10.0. The van der Waals surface area contributed by atoms with Gasteiger partial charge in [0.1, 0.15) is 0 Å². The van der Waals surface area contributed by atoms with Gasteiger partial charge in [-0.3, -0.25) is 4.79 Å². The Morgan fingerprint density at radius 3 is 2.39 bits per heavy atom. The van der Waals surface area contributed by atoms with E-state index in [1.165, 1.54) is 5.56 Å². The van der Waals surface area contributed by atoms with Gasteiger partial charge in [-0.1, -0.05) is 19.1 Å². The van der Waals surface area contributed by atoms with Crippen LogP contribution in [0.2, 0.25) is 0 Å². The Kier molecular flexibility index (Phi) is 5.71. The molecule has 2 saturated heterocycles. The second kappa shape index (κ2) is 8.56. The molecule has 1 aromatic heterocycles. The van der Waals surface area contributed by atoms with E-state index in [-0.39, 0.29) is 5.91 Å². The van der Waals surface area contributed by atoms with Crippen molar-refractivity contribution in [1.29, 1.82) is 0 Å². The smallest absolute Gasteiger partial charge is 0.253 e. The van der Waals surface area contributed by atoms with E-state index in [1.54, 1.807) is 0 Å². The second-order valence-electron chi connectivity index (χ2n) is 7.20. The highest BCUT2D eigenvalue weighted by Gasteiger charge is 2.23. The lowest BCUT2D eigenvalue weighted by atomic mass is 10.1. The maximum atomic E-state index is 12.8. The molecule has 0 aliphatic carbocycles. The molecule has 0 atom stereocenters. The molecule has 0 spiro atoms. The standard InChI is InChI=1S/C21H27N5O2/c1-2-17-3-5-18(6-4-17)21(27)26-9-7-25(8-10-26)20-15-19(16-22-23-20)24-11-13-28-14-12-24/h3-6,15-16H,2,7-14H2,1H3.